The Morgan fingerprint density at radius 3 is 3.15 bits per heavy atom. The number of nitrogens with two attached hydrogens (primary N) is 1. The number of hydrogen-bond acceptors (Lipinski definition) is 5. The van der Waals surface area contributed by atoms with E-state index in [4.69, 9.17) is 15.2 Å². The summed E-state index contributed by atoms with van der Waals surface area (Å²) in [6.07, 6.45) is 4.03. The number of rotatable bonds is 2. The van der Waals surface area contributed by atoms with Gasteiger partial charge < -0.3 is 15.2 Å². The fraction of sp³-hybridized carbons (Fsp3) is 0.500. The fourth-order valence-electron chi connectivity index (χ4n) is 1.20. The first kappa shape index (κ1) is 8.25. The molecule has 70 valence electrons. The molecule has 5 nitrogen and oxygen atoms in total. The van der Waals surface area contributed by atoms with Gasteiger partial charge in [0.25, 0.3) is 0 Å². The second kappa shape index (κ2) is 3.57. The van der Waals surface area contributed by atoms with Gasteiger partial charge in [-0.05, 0) is 0 Å². The van der Waals surface area contributed by atoms with E-state index >= 15 is 0 Å². The molecule has 1 aromatic heterocycles. The molecule has 2 heterocycles. The van der Waals surface area contributed by atoms with Gasteiger partial charge in [-0.1, -0.05) is 0 Å². The Bertz CT molecular complexity index is 286. The van der Waals surface area contributed by atoms with Crippen molar-refractivity contribution < 1.29 is 9.47 Å². The van der Waals surface area contributed by atoms with Crippen molar-refractivity contribution in [3.8, 4) is 5.88 Å². The molecule has 0 spiro atoms. The van der Waals surface area contributed by atoms with Crippen LogP contribution >= 0.6 is 0 Å². The molecule has 0 radical (unpaired) electrons. The predicted molar refractivity (Wildman–Crippen MR) is 46.3 cm³/mol. The molecule has 0 bridgehead atoms. The Hall–Kier alpha value is -1.36. The second-order valence-corrected chi connectivity index (χ2v) is 2.89. The Morgan fingerprint density at radius 1 is 1.54 bits per heavy atom. The van der Waals surface area contributed by atoms with Crippen LogP contribution in [-0.4, -0.2) is 29.3 Å². The quantitative estimate of drug-likeness (QED) is 0.707. The monoisotopic (exact) mass is 181 g/mol. The van der Waals surface area contributed by atoms with Crippen LogP contribution in [0, 0.1) is 0 Å². The Kier molecular flexibility index (Phi) is 2.27. The van der Waals surface area contributed by atoms with Crippen molar-refractivity contribution in [1.29, 1.82) is 0 Å². The maximum absolute atomic E-state index is 5.48. The van der Waals surface area contributed by atoms with Crippen molar-refractivity contribution in [1.82, 2.24) is 9.97 Å². The van der Waals surface area contributed by atoms with Crippen LogP contribution in [0.5, 0.6) is 5.88 Å². The van der Waals surface area contributed by atoms with Gasteiger partial charge in [0.05, 0.1) is 25.6 Å². The number of nitrogens with zero attached hydrogens (tertiary/aromatic N) is 2. The van der Waals surface area contributed by atoms with E-state index in [0.717, 1.165) is 13.0 Å². The van der Waals surface area contributed by atoms with Gasteiger partial charge in [0.2, 0.25) is 5.88 Å². The van der Waals surface area contributed by atoms with E-state index in [2.05, 4.69) is 9.97 Å². The van der Waals surface area contributed by atoms with Crippen molar-refractivity contribution in [2.24, 2.45) is 0 Å². The van der Waals surface area contributed by atoms with Crippen LogP contribution in [0.4, 0.5) is 5.82 Å². The largest absolute Gasteiger partial charge is 0.471 e. The molecular formula is C8H11N3O2. The van der Waals surface area contributed by atoms with E-state index in [-0.39, 0.29) is 6.10 Å². The van der Waals surface area contributed by atoms with Gasteiger partial charge in [0, 0.05) is 6.42 Å². The lowest BCUT2D eigenvalue weighted by Crippen LogP contribution is -2.16. The smallest absolute Gasteiger partial charge is 0.234 e. The third-order valence-corrected chi connectivity index (χ3v) is 1.81. The average Bonchev–Trinajstić information content (AvgIpc) is 2.57. The molecule has 1 aliphatic rings. The van der Waals surface area contributed by atoms with Crippen LogP contribution in [0.3, 0.4) is 0 Å². The topological polar surface area (TPSA) is 70.3 Å². The molecule has 1 atom stereocenters. The van der Waals surface area contributed by atoms with E-state index in [1.807, 2.05) is 0 Å². The third-order valence-electron chi connectivity index (χ3n) is 1.81. The summed E-state index contributed by atoms with van der Waals surface area (Å²) in [7, 11) is 0. The molecule has 1 aliphatic heterocycles. The Balaban J connectivity index is 2.00. The van der Waals surface area contributed by atoms with Gasteiger partial charge in [-0.3, -0.25) is 4.98 Å². The summed E-state index contributed by atoms with van der Waals surface area (Å²) in [4.78, 5) is 7.85. The summed E-state index contributed by atoms with van der Waals surface area (Å²) in [6, 6.07) is 0. The molecule has 2 rings (SSSR count). The molecule has 0 saturated carbocycles. The molecular weight excluding hydrogens is 170 g/mol. The van der Waals surface area contributed by atoms with Gasteiger partial charge in [-0.2, -0.15) is 4.98 Å². The van der Waals surface area contributed by atoms with Gasteiger partial charge in [0.1, 0.15) is 11.9 Å². The minimum Gasteiger partial charge on any atom is -0.471 e. The van der Waals surface area contributed by atoms with Crippen LogP contribution in [0.25, 0.3) is 0 Å². The summed E-state index contributed by atoms with van der Waals surface area (Å²) in [5.41, 5.74) is 5.45. The summed E-state index contributed by atoms with van der Waals surface area (Å²) in [6.45, 7) is 1.37. The van der Waals surface area contributed by atoms with Crippen molar-refractivity contribution >= 4 is 5.82 Å². The van der Waals surface area contributed by atoms with Gasteiger partial charge in [-0.25, -0.2) is 0 Å². The maximum atomic E-state index is 5.48. The van der Waals surface area contributed by atoms with Crippen LogP contribution in [-0.2, 0) is 4.74 Å². The fourth-order valence-corrected chi connectivity index (χ4v) is 1.20. The normalized spacial score (nSPS) is 21.7. The van der Waals surface area contributed by atoms with E-state index in [9.17, 15) is 0 Å². The molecule has 13 heavy (non-hydrogen) atoms. The minimum absolute atomic E-state index is 0.0936. The zero-order valence-corrected chi connectivity index (χ0v) is 7.14. The van der Waals surface area contributed by atoms with Crippen molar-refractivity contribution in [2.45, 2.75) is 12.5 Å². The summed E-state index contributed by atoms with van der Waals surface area (Å²) in [5.74, 6) is 0.840. The lowest BCUT2D eigenvalue weighted by Gasteiger charge is -2.09. The second-order valence-electron chi connectivity index (χ2n) is 2.89. The highest BCUT2D eigenvalue weighted by Crippen LogP contribution is 2.13. The average molecular weight is 181 g/mol. The molecule has 1 fully saturated rings. The maximum Gasteiger partial charge on any atom is 0.234 e. The van der Waals surface area contributed by atoms with E-state index in [1.54, 1.807) is 6.20 Å². The van der Waals surface area contributed by atoms with Crippen LogP contribution in [0.2, 0.25) is 0 Å². The van der Waals surface area contributed by atoms with E-state index in [0.29, 0.717) is 18.3 Å². The number of anilines is 1. The predicted octanol–water partition coefficient (Wildman–Crippen LogP) is 0.226. The lowest BCUT2D eigenvalue weighted by atomic mass is 10.3. The van der Waals surface area contributed by atoms with Crippen LogP contribution in [0.1, 0.15) is 6.42 Å². The van der Waals surface area contributed by atoms with Gasteiger partial charge in [-0.15, -0.1) is 0 Å². The van der Waals surface area contributed by atoms with Crippen molar-refractivity contribution in [3.63, 3.8) is 0 Å². The SMILES string of the molecule is Nc1cncc(O[C@@H]2CCOC2)n1. The first-order valence-electron chi connectivity index (χ1n) is 4.16. The Morgan fingerprint density at radius 2 is 2.46 bits per heavy atom. The van der Waals surface area contributed by atoms with Crippen LogP contribution < -0.4 is 10.5 Å². The highest BCUT2D eigenvalue weighted by atomic mass is 16.5. The summed E-state index contributed by atoms with van der Waals surface area (Å²) >= 11 is 0. The highest BCUT2D eigenvalue weighted by Gasteiger charge is 2.17. The zero-order valence-electron chi connectivity index (χ0n) is 7.14. The molecule has 0 aliphatic carbocycles. The Labute approximate surface area is 75.9 Å². The van der Waals surface area contributed by atoms with Gasteiger partial charge in [0.15, 0.2) is 0 Å². The molecule has 0 unspecified atom stereocenters. The zero-order chi connectivity index (χ0) is 9.10. The van der Waals surface area contributed by atoms with E-state index in [1.165, 1.54) is 6.20 Å². The van der Waals surface area contributed by atoms with Crippen LogP contribution in [0.15, 0.2) is 12.4 Å². The minimum atomic E-state index is 0.0936. The van der Waals surface area contributed by atoms with E-state index < -0.39 is 0 Å². The number of hydrogen-bond donors (Lipinski definition) is 1. The molecule has 0 aromatic carbocycles. The molecule has 5 heteroatoms. The number of ether oxygens (including phenoxy) is 2. The lowest BCUT2D eigenvalue weighted by molar-refractivity contribution is 0.138. The first-order chi connectivity index (χ1) is 6.34. The number of nitrogen functional groups attached to an aromatic ring is 1. The summed E-state index contributed by atoms with van der Waals surface area (Å²) < 4.78 is 10.6. The van der Waals surface area contributed by atoms with Crippen molar-refractivity contribution in [3.05, 3.63) is 12.4 Å². The highest BCUT2D eigenvalue weighted by molar-refractivity contribution is 5.26. The molecule has 1 aromatic rings. The molecule has 1 saturated heterocycles. The first-order valence-corrected chi connectivity index (χ1v) is 4.16. The standard InChI is InChI=1S/C8H11N3O2/c9-7-3-10-4-8(11-7)13-6-1-2-12-5-6/h3-4,6H,1-2,5H2,(H2,9,11)/t6-/m1/s1. The number of aromatic nitrogens is 2. The summed E-state index contributed by atoms with van der Waals surface area (Å²) in [5, 5.41) is 0. The molecule has 2 N–H and O–H groups in total. The van der Waals surface area contributed by atoms with Gasteiger partial charge >= 0.3 is 0 Å². The molecule has 0 amide bonds. The van der Waals surface area contributed by atoms with Crippen molar-refractivity contribution in [2.75, 3.05) is 18.9 Å². The third kappa shape index (κ3) is 2.06.